The minimum absolute atomic E-state index is 0.156. The number of tetrazole rings is 1. The summed E-state index contributed by atoms with van der Waals surface area (Å²) in [6.45, 7) is 1.82. The number of aromatic nitrogens is 4. The molecule has 0 aliphatic heterocycles. The highest BCUT2D eigenvalue weighted by Crippen LogP contribution is 2.37. The number of carbonyl (C=O) groups excluding carboxylic acids is 1. The number of nitrogens with one attached hydrogen (secondary N) is 1. The van der Waals surface area contributed by atoms with E-state index >= 15 is 0 Å². The largest absolute Gasteiger partial charge is 0.497 e. The number of benzene rings is 1. The number of hydrogen-bond donors (Lipinski definition) is 1. The molecule has 1 saturated carbocycles. The molecule has 1 amide bonds. The maximum absolute atomic E-state index is 12.5. The zero-order valence-electron chi connectivity index (χ0n) is 13.7. The fraction of sp³-hybridized carbons (Fsp3) is 0.467. The number of thioether (sulfide) groups is 1. The van der Waals surface area contributed by atoms with Crippen LogP contribution in [0.15, 0.2) is 23.4 Å². The van der Waals surface area contributed by atoms with Crippen molar-refractivity contribution in [1.82, 2.24) is 20.2 Å². The molecule has 0 bridgehead atoms. The fourth-order valence-corrected chi connectivity index (χ4v) is 3.03. The zero-order valence-corrected chi connectivity index (χ0v) is 14.5. The predicted molar refractivity (Wildman–Crippen MR) is 89.6 cm³/mol. The number of methoxy groups -OCH3 is 2. The summed E-state index contributed by atoms with van der Waals surface area (Å²) in [6.07, 6.45) is 2.17. The van der Waals surface area contributed by atoms with E-state index in [1.54, 1.807) is 37.1 Å². The molecule has 1 N–H and O–H groups in total. The molecular weight excluding hydrogens is 330 g/mol. The van der Waals surface area contributed by atoms with Gasteiger partial charge >= 0.3 is 0 Å². The molecule has 3 rings (SSSR count). The average Bonchev–Trinajstić information content (AvgIpc) is 3.34. The third-order valence-electron chi connectivity index (χ3n) is 3.67. The maximum Gasteiger partial charge on any atom is 0.237 e. The molecule has 1 fully saturated rings. The lowest BCUT2D eigenvalue weighted by atomic mass is 10.2. The van der Waals surface area contributed by atoms with Crippen LogP contribution in [0.4, 0.5) is 5.69 Å². The number of nitrogens with zero attached hydrogens (tertiary/aromatic N) is 4. The fourth-order valence-electron chi connectivity index (χ4n) is 2.17. The highest BCUT2D eigenvalue weighted by molar-refractivity contribution is 8.00. The van der Waals surface area contributed by atoms with Crippen molar-refractivity contribution in [3.05, 3.63) is 18.2 Å². The van der Waals surface area contributed by atoms with Gasteiger partial charge in [0.05, 0.1) is 31.2 Å². The molecular formula is C15H19N5O3S. The Morgan fingerprint density at radius 1 is 1.38 bits per heavy atom. The Labute approximate surface area is 143 Å². The second-order valence-corrected chi connectivity index (χ2v) is 6.76. The van der Waals surface area contributed by atoms with E-state index in [1.807, 2.05) is 6.92 Å². The molecule has 9 heteroatoms. The van der Waals surface area contributed by atoms with Crippen LogP contribution in [0.3, 0.4) is 0 Å². The number of hydrogen-bond acceptors (Lipinski definition) is 7. The molecule has 1 aromatic heterocycles. The van der Waals surface area contributed by atoms with Gasteiger partial charge in [0.25, 0.3) is 0 Å². The van der Waals surface area contributed by atoms with Gasteiger partial charge in [0.1, 0.15) is 11.5 Å². The van der Waals surface area contributed by atoms with Crippen molar-refractivity contribution in [3.8, 4) is 11.5 Å². The van der Waals surface area contributed by atoms with E-state index in [1.165, 1.54) is 11.8 Å². The molecule has 1 aliphatic carbocycles. The van der Waals surface area contributed by atoms with Crippen LogP contribution < -0.4 is 14.8 Å². The van der Waals surface area contributed by atoms with Crippen LogP contribution >= 0.6 is 11.8 Å². The van der Waals surface area contributed by atoms with Crippen LogP contribution in [0.5, 0.6) is 11.5 Å². The first kappa shape index (κ1) is 16.6. The molecule has 0 radical (unpaired) electrons. The van der Waals surface area contributed by atoms with Gasteiger partial charge in [-0.15, -0.1) is 5.10 Å². The van der Waals surface area contributed by atoms with Gasteiger partial charge in [-0.3, -0.25) is 4.79 Å². The average molecular weight is 349 g/mol. The van der Waals surface area contributed by atoms with Gasteiger partial charge in [-0.1, -0.05) is 11.8 Å². The van der Waals surface area contributed by atoms with E-state index in [2.05, 4.69) is 20.8 Å². The Morgan fingerprint density at radius 2 is 2.17 bits per heavy atom. The van der Waals surface area contributed by atoms with Gasteiger partial charge in [0, 0.05) is 6.07 Å². The molecule has 1 atom stereocenters. The van der Waals surface area contributed by atoms with Crippen LogP contribution in [0, 0.1) is 0 Å². The minimum Gasteiger partial charge on any atom is -0.497 e. The topological polar surface area (TPSA) is 91.2 Å². The molecule has 1 aliphatic rings. The van der Waals surface area contributed by atoms with E-state index < -0.39 is 0 Å². The summed E-state index contributed by atoms with van der Waals surface area (Å²) in [5.74, 6) is 1.06. The zero-order chi connectivity index (χ0) is 17.1. The van der Waals surface area contributed by atoms with E-state index in [0.717, 1.165) is 12.8 Å². The van der Waals surface area contributed by atoms with Crippen molar-refractivity contribution in [2.75, 3.05) is 19.5 Å². The third-order valence-corrected chi connectivity index (χ3v) is 4.72. The Kier molecular flexibility index (Phi) is 4.89. The lowest BCUT2D eigenvalue weighted by Crippen LogP contribution is -2.23. The smallest absolute Gasteiger partial charge is 0.237 e. The van der Waals surface area contributed by atoms with E-state index in [0.29, 0.717) is 28.4 Å². The first-order chi connectivity index (χ1) is 11.6. The second-order valence-electron chi connectivity index (χ2n) is 5.45. The summed E-state index contributed by atoms with van der Waals surface area (Å²) in [4.78, 5) is 12.5. The second kappa shape index (κ2) is 7.08. The van der Waals surface area contributed by atoms with Crippen molar-refractivity contribution in [3.63, 3.8) is 0 Å². The molecule has 24 heavy (non-hydrogen) atoms. The molecule has 128 valence electrons. The Hall–Kier alpha value is -2.29. The van der Waals surface area contributed by atoms with Crippen molar-refractivity contribution in [1.29, 1.82) is 0 Å². The number of amides is 1. The summed E-state index contributed by atoms with van der Waals surface area (Å²) >= 11 is 1.34. The van der Waals surface area contributed by atoms with Crippen LogP contribution in [0.1, 0.15) is 25.8 Å². The van der Waals surface area contributed by atoms with Crippen molar-refractivity contribution in [2.24, 2.45) is 0 Å². The van der Waals surface area contributed by atoms with Crippen molar-refractivity contribution in [2.45, 2.75) is 36.2 Å². The normalized spacial score (nSPS) is 15.0. The quantitative estimate of drug-likeness (QED) is 0.766. The Balaban J connectivity index is 1.68. The predicted octanol–water partition coefficient (Wildman–Crippen LogP) is 2.14. The lowest BCUT2D eigenvalue weighted by molar-refractivity contribution is -0.115. The van der Waals surface area contributed by atoms with E-state index in [4.69, 9.17) is 9.47 Å². The number of carbonyl (C=O) groups is 1. The van der Waals surface area contributed by atoms with Crippen LogP contribution in [0.2, 0.25) is 0 Å². The van der Waals surface area contributed by atoms with Crippen molar-refractivity contribution < 1.29 is 14.3 Å². The van der Waals surface area contributed by atoms with Gasteiger partial charge in [-0.05, 0) is 42.3 Å². The highest BCUT2D eigenvalue weighted by Gasteiger charge is 2.29. The molecule has 0 unspecified atom stereocenters. The molecule has 1 heterocycles. The van der Waals surface area contributed by atoms with Gasteiger partial charge in [-0.25, -0.2) is 4.68 Å². The summed E-state index contributed by atoms with van der Waals surface area (Å²) in [7, 11) is 3.13. The van der Waals surface area contributed by atoms with Gasteiger partial charge in [-0.2, -0.15) is 0 Å². The Bertz CT molecular complexity index is 732. The lowest BCUT2D eigenvalue weighted by Gasteiger charge is -2.14. The van der Waals surface area contributed by atoms with Gasteiger partial charge in [0.2, 0.25) is 11.1 Å². The molecule has 0 saturated heterocycles. The molecule has 2 aromatic rings. The number of ether oxygens (including phenoxy) is 2. The molecule has 8 nitrogen and oxygen atoms in total. The Morgan fingerprint density at radius 3 is 2.83 bits per heavy atom. The SMILES string of the molecule is COc1ccc(OC)c(NC(=O)[C@H](C)Sc2nnnn2C2CC2)c1. The molecule has 1 aromatic carbocycles. The van der Waals surface area contributed by atoms with Gasteiger partial charge < -0.3 is 14.8 Å². The summed E-state index contributed by atoms with van der Waals surface area (Å²) < 4.78 is 12.3. The van der Waals surface area contributed by atoms with Crippen LogP contribution in [-0.4, -0.2) is 45.6 Å². The highest BCUT2D eigenvalue weighted by atomic mass is 32.2. The van der Waals surface area contributed by atoms with Crippen LogP contribution in [0.25, 0.3) is 0 Å². The third kappa shape index (κ3) is 3.61. The monoisotopic (exact) mass is 349 g/mol. The summed E-state index contributed by atoms with van der Waals surface area (Å²) in [5.41, 5.74) is 0.566. The number of anilines is 1. The van der Waals surface area contributed by atoms with Crippen molar-refractivity contribution >= 4 is 23.4 Å². The molecule has 0 spiro atoms. The van der Waals surface area contributed by atoms with E-state index in [9.17, 15) is 4.79 Å². The van der Waals surface area contributed by atoms with Crippen LogP contribution in [-0.2, 0) is 4.79 Å². The summed E-state index contributed by atoms with van der Waals surface area (Å²) in [6, 6.07) is 5.62. The number of rotatable bonds is 7. The first-order valence-electron chi connectivity index (χ1n) is 7.59. The minimum atomic E-state index is -0.357. The first-order valence-corrected chi connectivity index (χ1v) is 8.47. The van der Waals surface area contributed by atoms with E-state index in [-0.39, 0.29) is 11.2 Å². The standard InChI is InChI=1S/C15H19N5O3S/c1-9(24-15-17-18-19-20(15)10-4-5-10)14(21)16-12-8-11(22-2)6-7-13(12)23-3/h6-10H,4-5H2,1-3H3,(H,16,21)/t9-/m0/s1. The summed E-state index contributed by atoms with van der Waals surface area (Å²) in [5, 5.41) is 14.9. The van der Waals surface area contributed by atoms with Gasteiger partial charge in [0.15, 0.2) is 0 Å². The maximum atomic E-state index is 12.5.